The molecule has 0 aliphatic heterocycles. The van der Waals surface area contributed by atoms with Crippen molar-refractivity contribution in [2.24, 2.45) is 4.99 Å². The van der Waals surface area contributed by atoms with Crippen LogP contribution in [-0.2, 0) is 0 Å². The van der Waals surface area contributed by atoms with Gasteiger partial charge in [-0.25, -0.2) is 0 Å². The van der Waals surface area contributed by atoms with Crippen LogP contribution in [0.3, 0.4) is 0 Å². The number of nitro groups is 1. The van der Waals surface area contributed by atoms with Crippen LogP contribution in [0.4, 0.5) is 17.1 Å². The van der Waals surface area contributed by atoms with Crippen LogP contribution in [0.1, 0.15) is 5.56 Å². The van der Waals surface area contributed by atoms with E-state index in [1.807, 2.05) is 0 Å². The molecule has 0 aliphatic rings. The van der Waals surface area contributed by atoms with Gasteiger partial charge in [-0.2, -0.15) is 0 Å². The van der Waals surface area contributed by atoms with Gasteiger partial charge in [0.2, 0.25) is 0 Å². The number of aliphatic imine (C=N–C) groups is 1. The zero-order valence-electron chi connectivity index (χ0n) is 9.48. The van der Waals surface area contributed by atoms with Crippen molar-refractivity contribution in [2.75, 3.05) is 5.73 Å². The van der Waals surface area contributed by atoms with Crippen LogP contribution < -0.4 is 5.73 Å². The molecule has 0 bridgehead atoms. The smallest absolute Gasteiger partial charge is 0.270 e. The molecular formula is C13H11N3O2. The van der Waals surface area contributed by atoms with Gasteiger partial charge in [0.05, 0.1) is 10.6 Å². The lowest BCUT2D eigenvalue weighted by atomic mass is 10.2. The summed E-state index contributed by atoms with van der Waals surface area (Å²) in [4.78, 5) is 14.4. The molecule has 0 unspecified atom stereocenters. The summed E-state index contributed by atoms with van der Waals surface area (Å²) in [6, 6.07) is 13.4. The van der Waals surface area contributed by atoms with Crippen molar-refractivity contribution >= 4 is 23.3 Å². The van der Waals surface area contributed by atoms with Gasteiger partial charge in [-0.15, -0.1) is 0 Å². The Morgan fingerprint density at radius 2 is 1.89 bits per heavy atom. The summed E-state index contributed by atoms with van der Waals surface area (Å²) in [5, 5.41) is 10.6. The van der Waals surface area contributed by atoms with Crippen LogP contribution in [0, 0.1) is 10.1 Å². The normalized spacial score (nSPS) is 10.7. The first-order valence-corrected chi connectivity index (χ1v) is 5.29. The minimum atomic E-state index is -0.430. The third-order valence-corrected chi connectivity index (χ3v) is 2.34. The van der Waals surface area contributed by atoms with Crippen molar-refractivity contribution in [3.8, 4) is 0 Å². The SMILES string of the molecule is Nc1ccc(N=Cc2cccc([N+](=O)[O-])c2)cc1. The Kier molecular flexibility index (Phi) is 3.33. The number of nitrogen functional groups attached to an aromatic ring is 1. The summed E-state index contributed by atoms with van der Waals surface area (Å²) in [6.45, 7) is 0. The third kappa shape index (κ3) is 2.91. The standard InChI is InChI=1S/C13H11N3O2/c14-11-4-6-12(7-5-11)15-9-10-2-1-3-13(8-10)16(17)18/h1-9H,14H2. The average Bonchev–Trinajstić information content (AvgIpc) is 2.38. The van der Waals surface area contributed by atoms with Gasteiger partial charge in [0.15, 0.2) is 0 Å². The highest BCUT2D eigenvalue weighted by molar-refractivity contribution is 5.82. The first-order valence-electron chi connectivity index (χ1n) is 5.29. The minimum absolute atomic E-state index is 0.0521. The summed E-state index contributed by atoms with van der Waals surface area (Å²) < 4.78 is 0. The molecule has 2 aromatic carbocycles. The van der Waals surface area contributed by atoms with Gasteiger partial charge in [-0.1, -0.05) is 12.1 Å². The minimum Gasteiger partial charge on any atom is -0.399 e. The zero-order chi connectivity index (χ0) is 13.0. The van der Waals surface area contributed by atoms with E-state index in [1.54, 1.807) is 42.6 Å². The molecule has 0 fully saturated rings. The molecule has 0 amide bonds. The predicted octanol–water partition coefficient (Wildman–Crippen LogP) is 2.93. The van der Waals surface area contributed by atoms with Gasteiger partial charge in [0, 0.05) is 24.0 Å². The summed E-state index contributed by atoms with van der Waals surface area (Å²) in [5.74, 6) is 0. The lowest BCUT2D eigenvalue weighted by Crippen LogP contribution is -1.89. The highest BCUT2D eigenvalue weighted by Crippen LogP contribution is 2.15. The highest BCUT2D eigenvalue weighted by Gasteiger charge is 2.03. The molecule has 2 aromatic rings. The monoisotopic (exact) mass is 241 g/mol. The molecule has 0 spiro atoms. The van der Waals surface area contributed by atoms with Crippen molar-refractivity contribution in [3.05, 3.63) is 64.2 Å². The quantitative estimate of drug-likeness (QED) is 0.388. The van der Waals surface area contributed by atoms with Crippen LogP contribution in [0.2, 0.25) is 0 Å². The molecule has 0 radical (unpaired) electrons. The molecule has 5 heteroatoms. The van der Waals surface area contributed by atoms with Gasteiger partial charge >= 0.3 is 0 Å². The second-order valence-electron chi connectivity index (χ2n) is 3.70. The topological polar surface area (TPSA) is 81.5 Å². The average molecular weight is 241 g/mol. The maximum Gasteiger partial charge on any atom is 0.270 e. The van der Waals surface area contributed by atoms with E-state index >= 15 is 0 Å². The molecule has 0 atom stereocenters. The number of hydrogen-bond acceptors (Lipinski definition) is 4. The number of nitrogens with two attached hydrogens (primary N) is 1. The molecule has 90 valence electrons. The Hall–Kier alpha value is -2.69. The van der Waals surface area contributed by atoms with Gasteiger partial charge in [-0.3, -0.25) is 15.1 Å². The summed E-state index contributed by atoms with van der Waals surface area (Å²) >= 11 is 0. The van der Waals surface area contributed by atoms with Crippen molar-refractivity contribution in [1.82, 2.24) is 0 Å². The molecule has 0 aliphatic carbocycles. The van der Waals surface area contributed by atoms with Crippen LogP contribution >= 0.6 is 0 Å². The van der Waals surface area contributed by atoms with Crippen molar-refractivity contribution in [3.63, 3.8) is 0 Å². The lowest BCUT2D eigenvalue weighted by Gasteiger charge is -1.96. The van der Waals surface area contributed by atoms with Crippen LogP contribution in [0.5, 0.6) is 0 Å². The summed E-state index contributed by atoms with van der Waals surface area (Å²) in [5.41, 5.74) is 7.71. The maximum absolute atomic E-state index is 10.6. The number of nitro benzene ring substituents is 1. The zero-order valence-corrected chi connectivity index (χ0v) is 9.48. The number of nitrogens with zero attached hydrogens (tertiary/aromatic N) is 2. The molecule has 2 N–H and O–H groups in total. The number of non-ortho nitro benzene ring substituents is 1. The van der Waals surface area contributed by atoms with Gasteiger partial charge in [0.1, 0.15) is 0 Å². The Balaban J connectivity index is 2.20. The summed E-state index contributed by atoms with van der Waals surface area (Å²) in [6.07, 6.45) is 1.58. The van der Waals surface area contributed by atoms with Gasteiger partial charge < -0.3 is 5.73 Å². The first-order chi connectivity index (χ1) is 8.65. The fourth-order valence-corrected chi connectivity index (χ4v) is 1.43. The second kappa shape index (κ2) is 5.09. The molecule has 2 rings (SSSR count). The molecule has 0 aromatic heterocycles. The summed E-state index contributed by atoms with van der Waals surface area (Å²) in [7, 11) is 0. The van der Waals surface area contributed by atoms with Crippen LogP contribution in [0.15, 0.2) is 53.5 Å². The predicted molar refractivity (Wildman–Crippen MR) is 71.2 cm³/mol. The van der Waals surface area contributed by atoms with Crippen LogP contribution in [0.25, 0.3) is 0 Å². The van der Waals surface area contributed by atoms with E-state index in [9.17, 15) is 10.1 Å². The molecule has 5 nitrogen and oxygen atoms in total. The van der Waals surface area contributed by atoms with E-state index in [0.29, 0.717) is 11.3 Å². The molecule has 0 saturated heterocycles. The lowest BCUT2D eigenvalue weighted by molar-refractivity contribution is -0.384. The fourth-order valence-electron chi connectivity index (χ4n) is 1.43. The van der Waals surface area contributed by atoms with E-state index in [0.717, 1.165) is 5.69 Å². The first kappa shape index (κ1) is 11.8. The molecule has 18 heavy (non-hydrogen) atoms. The van der Waals surface area contributed by atoms with Crippen molar-refractivity contribution in [2.45, 2.75) is 0 Å². The highest BCUT2D eigenvalue weighted by atomic mass is 16.6. The van der Waals surface area contributed by atoms with E-state index < -0.39 is 4.92 Å². The van der Waals surface area contributed by atoms with Crippen LogP contribution in [-0.4, -0.2) is 11.1 Å². The Morgan fingerprint density at radius 1 is 1.17 bits per heavy atom. The number of anilines is 1. The number of benzene rings is 2. The third-order valence-electron chi connectivity index (χ3n) is 2.34. The number of hydrogen-bond donors (Lipinski definition) is 1. The Morgan fingerprint density at radius 3 is 2.56 bits per heavy atom. The Labute approximate surface area is 104 Å². The van der Waals surface area contributed by atoms with Gasteiger partial charge in [-0.05, 0) is 29.8 Å². The maximum atomic E-state index is 10.6. The van der Waals surface area contributed by atoms with E-state index in [2.05, 4.69) is 4.99 Å². The molecule has 0 saturated carbocycles. The fraction of sp³-hybridized carbons (Fsp3) is 0. The largest absolute Gasteiger partial charge is 0.399 e. The Bertz CT molecular complexity index is 591. The van der Waals surface area contributed by atoms with Crippen molar-refractivity contribution < 1.29 is 4.92 Å². The van der Waals surface area contributed by atoms with Crippen molar-refractivity contribution in [1.29, 1.82) is 0 Å². The molecule has 0 heterocycles. The van der Waals surface area contributed by atoms with E-state index in [4.69, 9.17) is 5.73 Å². The van der Waals surface area contributed by atoms with E-state index in [1.165, 1.54) is 12.1 Å². The number of rotatable bonds is 3. The molecular weight excluding hydrogens is 230 g/mol. The second-order valence-corrected chi connectivity index (χ2v) is 3.70. The van der Waals surface area contributed by atoms with E-state index in [-0.39, 0.29) is 5.69 Å². The van der Waals surface area contributed by atoms with Gasteiger partial charge in [0.25, 0.3) is 5.69 Å².